The molecule has 6 heteroatoms. The molecule has 4 amide bonds. The van der Waals surface area contributed by atoms with Crippen LogP contribution in [0.1, 0.15) is 31.7 Å². The van der Waals surface area contributed by atoms with Crippen LogP contribution < -0.4 is 4.90 Å². The Labute approximate surface area is 147 Å². The summed E-state index contributed by atoms with van der Waals surface area (Å²) in [6, 6.07) is 7.45. The molecule has 4 rings (SSSR count). The van der Waals surface area contributed by atoms with Crippen molar-refractivity contribution in [1.29, 1.82) is 0 Å². The standard InChI is InChI=1S/C19H23N3O3/c1-18-10-6-7-11-22(18)14-9-5-4-8-13(14)12-19(18)15(23)20(2)17(25)21(3)16(19)24/h4-5,8-9H,6-7,10-12H2,1-3H3. The number of nitrogens with zero attached hydrogens (tertiary/aromatic N) is 3. The van der Waals surface area contributed by atoms with E-state index in [2.05, 4.69) is 11.0 Å². The van der Waals surface area contributed by atoms with E-state index in [0.29, 0.717) is 6.42 Å². The van der Waals surface area contributed by atoms with Crippen LogP contribution in [-0.2, 0) is 16.0 Å². The Morgan fingerprint density at radius 1 is 0.960 bits per heavy atom. The predicted molar refractivity (Wildman–Crippen MR) is 93.1 cm³/mol. The molecule has 0 saturated carbocycles. The molecule has 1 aromatic rings. The minimum absolute atomic E-state index is 0.343. The number of carbonyl (C=O) groups is 3. The van der Waals surface area contributed by atoms with Gasteiger partial charge in [-0.2, -0.15) is 0 Å². The normalized spacial score (nSPS) is 28.3. The Bertz CT molecular complexity index is 766. The van der Waals surface area contributed by atoms with Crippen LogP contribution in [0.3, 0.4) is 0 Å². The monoisotopic (exact) mass is 341 g/mol. The molecule has 0 aromatic heterocycles. The van der Waals surface area contributed by atoms with Crippen molar-refractivity contribution in [3.05, 3.63) is 29.8 Å². The van der Waals surface area contributed by atoms with E-state index in [-0.39, 0.29) is 11.8 Å². The van der Waals surface area contributed by atoms with E-state index in [4.69, 9.17) is 0 Å². The molecule has 6 nitrogen and oxygen atoms in total. The lowest BCUT2D eigenvalue weighted by Gasteiger charge is -2.61. The molecule has 1 aromatic carbocycles. The van der Waals surface area contributed by atoms with Gasteiger partial charge in [0.2, 0.25) is 11.8 Å². The first-order valence-corrected chi connectivity index (χ1v) is 8.80. The topological polar surface area (TPSA) is 60.9 Å². The van der Waals surface area contributed by atoms with Crippen LogP contribution in [0.4, 0.5) is 10.5 Å². The predicted octanol–water partition coefficient (Wildman–Crippen LogP) is 2.03. The van der Waals surface area contributed by atoms with E-state index < -0.39 is 17.0 Å². The van der Waals surface area contributed by atoms with Crippen molar-refractivity contribution >= 4 is 23.5 Å². The Morgan fingerprint density at radius 2 is 1.60 bits per heavy atom. The van der Waals surface area contributed by atoms with Crippen molar-refractivity contribution in [2.24, 2.45) is 5.41 Å². The first kappa shape index (κ1) is 16.1. The smallest absolute Gasteiger partial charge is 0.332 e. The summed E-state index contributed by atoms with van der Waals surface area (Å²) in [7, 11) is 2.96. The first-order valence-electron chi connectivity index (χ1n) is 8.80. The van der Waals surface area contributed by atoms with Gasteiger partial charge in [0.25, 0.3) is 0 Å². The van der Waals surface area contributed by atoms with E-state index in [1.807, 2.05) is 25.1 Å². The Balaban J connectivity index is 1.98. The van der Waals surface area contributed by atoms with Crippen molar-refractivity contribution in [3.63, 3.8) is 0 Å². The zero-order valence-corrected chi connectivity index (χ0v) is 14.9. The minimum atomic E-state index is -1.25. The lowest BCUT2D eigenvalue weighted by atomic mass is 9.58. The zero-order valence-electron chi connectivity index (χ0n) is 14.9. The molecule has 0 N–H and O–H groups in total. The van der Waals surface area contributed by atoms with Crippen LogP contribution in [0.25, 0.3) is 0 Å². The number of para-hydroxylation sites is 1. The van der Waals surface area contributed by atoms with Gasteiger partial charge in [0.05, 0.1) is 5.54 Å². The van der Waals surface area contributed by atoms with Crippen LogP contribution >= 0.6 is 0 Å². The third-order valence-electron chi connectivity index (χ3n) is 6.46. The molecule has 2 saturated heterocycles. The summed E-state index contributed by atoms with van der Waals surface area (Å²) in [5.74, 6) is -0.742. The third-order valence-corrected chi connectivity index (χ3v) is 6.46. The van der Waals surface area contributed by atoms with Gasteiger partial charge >= 0.3 is 6.03 Å². The molecule has 0 aliphatic carbocycles. The fraction of sp³-hybridized carbons (Fsp3) is 0.526. The van der Waals surface area contributed by atoms with E-state index in [1.54, 1.807) is 0 Å². The molecule has 132 valence electrons. The highest BCUT2D eigenvalue weighted by molar-refractivity contribution is 6.20. The SMILES string of the molecule is CN1C(=O)N(C)C(=O)C2(Cc3ccccc3N3CCCCC32C)C1=O. The van der Waals surface area contributed by atoms with E-state index in [1.165, 1.54) is 14.1 Å². The van der Waals surface area contributed by atoms with Crippen LogP contribution in [0.5, 0.6) is 0 Å². The molecule has 1 atom stereocenters. The highest BCUT2D eigenvalue weighted by Crippen LogP contribution is 2.54. The van der Waals surface area contributed by atoms with Gasteiger partial charge in [-0.25, -0.2) is 4.79 Å². The van der Waals surface area contributed by atoms with Gasteiger partial charge < -0.3 is 4.90 Å². The van der Waals surface area contributed by atoms with Gasteiger partial charge in [0.1, 0.15) is 0 Å². The maximum Gasteiger partial charge on any atom is 0.332 e. The molecule has 0 bridgehead atoms. The van der Waals surface area contributed by atoms with Crippen molar-refractivity contribution in [1.82, 2.24) is 9.80 Å². The van der Waals surface area contributed by atoms with E-state index in [0.717, 1.165) is 46.9 Å². The molecule has 3 aliphatic heterocycles. The second-order valence-electron chi connectivity index (χ2n) is 7.60. The highest BCUT2D eigenvalue weighted by Gasteiger charge is 2.68. The number of urea groups is 1. The van der Waals surface area contributed by atoms with Gasteiger partial charge in [-0.15, -0.1) is 0 Å². The van der Waals surface area contributed by atoms with Crippen molar-refractivity contribution in [2.75, 3.05) is 25.5 Å². The molecule has 3 aliphatic rings. The molecule has 2 fully saturated rings. The van der Waals surface area contributed by atoms with Crippen molar-refractivity contribution in [2.45, 2.75) is 38.1 Å². The first-order chi connectivity index (χ1) is 11.8. The van der Waals surface area contributed by atoms with Crippen LogP contribution in [0.2, 0.25) is 0 Å². The molecule has 3 heterocycles. The molecule has 25 heavy (non-hydrogen) atoms. The molecular weight excluding hydrogens is 318 g/mol. The minimum Gasteiger partial charge on any atom is -0.364 e. The Morgan fingerprint density at radius 3 is 2.28 bits per heavy atom. The highest BCUT2D eigenvalue weighted by atomic mass is 16.2. The summed E-state index contributed by atoms with van der Waals surface area (Å²) in [4.78, 5) is 43.5. The summed E-state index contributed by atoms with van der Waals surface area (Å²) in [6.07, 6.45) is 3.11. The summed E-state index contributed by atoms with van der Waals surface area (Å²) >= 11 is 0. The number of anilines is 1. The van der Waals surface area contributed by atoms with Gasteiger partial charge in [-0.3, -0.25) is 19.4 Å². The fourth-order valence-corrected chi connectivity index (χ4v) is 5.03. The van der Waals surface area contributed by atoms with Gasteiger partial charge in [0, 0.05) is 32.7 Å². The van der Waals surface area contributed by atoms with Gasteiger partial charge in [0.15, 0.2) is 5.41 Å². The summed E-state index contributed by atoms with van der Waals surface area (Å²) < 4.78 is 0. The van der Waals surface area contributed by atoms with E-state index in [9.17, 15) is 14.4 Å². The molecular formula is C19H23N3O3. The maximum absolute atomic E-state index is 13.4. The number of fused-ring (bicyclic) bond motifs is 4. The number of piperidine rings is 1. The van der Waals surface area contributed by atoms with Crippen molar-refractivity contribution in [3.8, 4) is 0 Å². The summed E-state index contributed by atoms with van der Waals surface area (Å²) in [5, 5.41) is 0. The van der Waals surface area contributed by atoms with Crippen LogP contribution in [0.15, 0.2) is 24.3 Å². The number of hydrogen-bond acceptors (Lipinski definition) is 4. The summed E-state index contributed by atoms with van der Waals surface area (Å²) in [5.41, 5.74) is 0.230. The molecule has 1 unspecified atom stereocenters. The zero-order chi connectivity index (χ0) is 18.0. The van der Waals surface area contributed by atoms with E-state index >= 15 is 0 Å². The lowest BCUT2D eigenvalue weighted by molar-refractivity contribution is -0.163. The largest absolute Gasteiger partial charge is 0.364 e. The second-order valence-corrected chi connectivity index (χ2v) is 7.60. The lowest BCUT2D eigenvalue weighted by Crippen LogP contribution is -2.76. The average Bonchev–Trinajstić information content (AvgIpc) is 2.63. The number of hydrogen-bond donors (Lipinski definition) is 0. The molecule has 0 radical (unpaired) electrons. The van der Waals surface area contributed by atoms with Crippen LogP contribution in [0, 0.1) is 5.41 Å². The quantitative estimate of drug-likeness (QED) is 0.678. The van der Waals surface area contributed by atoms with Crippen molar-refractivity contribution < 1.29 is 14.4 Å². The maximum atomic E-state index is 13.4. The Hall–Kier alpha value is -2.37. The molecule has 1 spiro atoms. The Kier molecular flexibility index (Phi) is 3.27. The van der Waals surface area contributed by atoms with Gasteiger partial charge in [-0.1, -0.05) is 18.2 Å². The number of imide groups is 2. The number of amides is 4. The fourth-order valence-electron chi connectivity index (χ4n) is 5.03. The van der Waals surface area contributed by atoms with Crippen LogP contribution in [-0.4, -0.2) is 53.8 Å². The number of benzene rings is 1. The average molecular weight is 341 g/mol. The number of carbonyl (C=O) groups excluding carboxylic acids is 3. The second kappa shape index (κ2) is 5.07. The number of barbiturate groups is 1. The summed E-state index contributed by atoms with van der Waals surface area (Å²) in [6.45, 7) is 2.84. The number of rotatable bonds is 0. The third kappa shape index (κ3) is 1.77. The van der Waals surface area contributed by atoms with Gasteiger partial charge in [-0.05, 0) is 37.8 Å².